The number of anilines is 1. The molecule has 2 unspecified atom stereocenters. The van der Waals surface area contributed by atoms with Crippen LogP contribution in [0.3, 0.4) is 0 Å². The maximum absolute atomic E-state index is 13.5. The molecule has 0 bridgehead atoms. The Morgan fingerprint density at radius 2 is 2.14 bits per heavy atom. The van der Waals surface area contributed by atoms with Crippen molar-refractivity contribution in [3.05, 3.63) is 29.6 Å². The lowest BCUT2D eigenvalue weighted by atomic mass is 9.84. The Balaban J connectivity index is 1.72. The van der Waals surface area contributed by atoms with Crippen molar-refractivity contribution in [3.8, 4) is 0 Å². The SMILES string of the molecule is CN1CCCC2CN(C(=O)c3ccc(N)c(F)c3)CCC21. The third-order valence-corrected chi connectivity index (χ3v) is 4.88. The Hall–Kier alpha value is -1.62. The minimum Gasteiger partial charge on any atom is -0.396 e. The van der Waals surface area contributed by atoms with Crippen LogP contribution in [-0.4, -0.2) is 48.4 Å². The number of hydrogen-bond donors (Lipinski definition) is 1. The largest absolute Gasteiger partial charge is 0.396 e. The molecule has 1 aromatic carbocycles. The first-order chi connectivity index (χ1) is 10.1. The minimum atomic E-state index is -0.520. The topological polar surface area (TPSA) is 49.6 Å². The van der Waals surface area contributed by atoms with Gasteiger partial charge in [0.25, 0.3) is 5.91 Å². The summed E-state index contributed by atoms with van der Waals surface area (Å²) < 4.78 is 13.5. The molecule has 2 saturated heterocycles. The first-order valence-electron chi connectivity index (χ1n) is 7.61. The Kier molecular flexibility index (Phi) is 3.85. The van der Waals surface area contributed by atoms with Crippen LogP contribution in [0.4, 0.5) is 10.1 Å². The summed E-state index contributed by atoms with van der Waals surface area (Å²) in [7, 11) is 2.17. The molecule has 114 valence electrons. The van der Waals surface area contributed by atoms with Crippen LogP contribution in [0.1, 0.15) is 29.6 Å². The number of carbonyl (C=O) groups is 1. The maximum atomic E-state index is 13.5. The molecule has 2 aliphatic rings. The maximum Gasteiger partial charge on any atom is 0.253 e. The molecular weight excluding hydrogens is 269 g/mol. The number of halogens is 1. The molecule has 0 saturated carbocycles. The number of amides is 1. The molecule has 0 aliphatic carbocycles. The highest BCUT2D eigenvalue weighted by Crippen LogP contribution is 2.30. The number of nitrogen functional groups attached to an aromatic ring is 1. The van der Waals surface area contributed by atoms with Gasteiger partial charge < -0.3 is 15.5 Å². The Bertz CT molecular complexity index is 548. The van der Waals surface area contributed by atoms with E-state index in [0.29, 0.717) is 17.5 Å². The van der Waals surface area contributed by atoms with E-state index in [0.717, 1.165) is 26.1 Å². The number of piperidine rings is 2. The van der Waals surface area contributed by atoms with E-state index >= 15 is 0 Å². The fourth-order valence-corrected chi connectivity index (χ4v) is 3.68. The van der Waals surface area contributed by atoms with Crippen molar-refractivity contribution >= 4 is 11.6 Å². The summed E-state index contributed by atoms with van der Waals surface area (Å²) in [5.41, 5.74) is 5.94. The minimum absolute atomic E-state index is 0.0826. The smallest absolute Gasteiger partial charge is 0.253 e. The van der Waals surface area contributed by atoms with Gasteiger partial charge in [0.05, 0.1) is 5.69 Å². The van der Waals surface area contributed by atoms with Crippen molar-refractivity contribution in [2.24, 2.45) is 5.92 Å². The van der Waals surface area contributed by atoms with Crippen LogP contribution < -0.4 is 5.73 Å². The molecule has 0 radical (unpaired) electrons. The van der Waals surface area contributed by atoms with Crippen LogP contribution in [0.25, 0.3) is 0 Å². The number of fused-ring (bicyclic) bond motifs is 1. The third-order valence-electron chi connectivity index (χ3n) is 4.88. The van der Waals surface area contributed by atoms with Crippen molar-refractivity contribution in [1.29, 1.82) is 0 Å². The summed E-state index contributed by atoms with van der Waals surface area (Å²) in [5.74, 6) is -0.0613. The second-order valence-corrected chi connectivity index (χ2v) is 6.23. The average molecular weight is 291 g/mol. The summed E-state index contributed by atoms with van der Waals surface area (Å²) in [6, 6.07) is 4.91. The van der Waals surface area contributed by atoms with E-state index < -0.39 is 5.82 Å². The number of hydrogen-bond acceptors (Lipinski definition) is 3. The first kappa shape index (κ1) is 14.3. The van der Waals surface area contributed by atoms with Gasteiger partial charge in [-0.3, -0.25) is 4.79 Å². The summed E-state index contributed by atoms with van der Waals surface area (Å²) >= 11 is 0. The molecule has 5 heteroatoms. The van der Waals surface area contributed by atoms with Crippen LogP contribution in [0.5, 0.6) is 0 Å². The normalized spacial score (nSPS) is 26.5. The molecule has 0 aromatic heterocycles. The van der Waals surface area contributed by atoms with E-state index in [1.165, 1.54) is 25.0 Å². The van der Waals surface area contributed by atoms with Gasteiger partial charge >= 0.3 is 0 Å². The predicted octanol–water partition coefficient (Wildman–Crippen LogP) is 1.96. The van der Waals surface area contributed by atoms with E-state index in [4.69, 9.17) is 5.73 Å². The lowest BCUT2D eigenvalue weighted by molar-refractivity contribution is 0.0316. The molecule has 2 fully saturated rings. The zero-order valence-corrected chi connectivity index (χ0v) is 12.4. The van der Waals surface area contributed by atoms with Crippen molar-refractivity contribution < 1.29 is 9.18 Å². The second kappa shape index (κ2) is 5.64. The van der Waals surface area contributed by atoms with E-state index in [-0.39, 0.29) is 11.6 Å². The highest BCUT2D eigenvalue weighted by molar-refractivity contribution is 5.94. The van der Waals surface area contributed by atoms with E-state index in [9.17, 15) is 9.18 Å². The van der Waals surface area contributed by atoms with Crippen molar-refractivity contribution in [2.75, 3.05) is 32.4 Å². The molecule has 2 N–H and O–H groups in total. The summed E-state index contributed by atoms with van der Waals surface area (Å²) in [4.78, 5) is 16.8. The van der Waals surface area contributed by atoms with Crippen LogP contribution >= 0.6 is 0 Å². The lowest BCUT2D eigenvalue weighted by Gasteiger charge is -2.46. The van der Waals surface area contributed by atoms with Gasteiger partial charge in [0, 0.05) is 24.7 Å². The Morgan fingerprint density at radius 3 is 2.90 bits per heavy atom. The van der Waals surface area contributed by atoms with Crippen LogP contribution in [0, 0.1) is 11.7 Å². The van der Waals surface area contributed by atoms with Gasteiger partial charge in [0.15, 0.2) is 0 Å². The average Bonchev–Trinajstić information content (AvgIpc) is 2.49. The van der Waals surface area contributed by atoms with Gasteiger partial charge in [-0.25, -0.2) is 4.39 Å². The van der Waals surface area contributed by atoms with Gasteiger partial charge in [-0.05, 0) is 57.0 Å². The number of benzene rings is 1. The van der Waals surface area contributed by atoms with Gasteiger partial charge in [0.2, 0.25) is 0 Å². The highest BCUT2D eigenvalue weighted by Gasteiger charge is 2.35. The van der Waals surface area contributed by atoms with Crippen LogP contribution in [-0.2, 0) is 0 Å². The summed E-state index contributed by atoms with van der Waals surface area (Å²) in [6.07, 6.45) is 3.37. The molecule has 1 amide bonds. The van der Waals surface area contributed by atoms with Gasteiger partial charge in [-0.2, -0.15) is 0 Å². The van der Waals surface area contributed by atoms with E-state index in [2.05, 4.69) is 11.9 Å². The van der Waals surface area contributed by atoms with E-state index in [1.54, 1.807) is 6.07 Å². The molecule has 0 spiro atoms. The molecule has 1 aromatic rings. The van der Waals surface area contributed by atoms with Gasteiger partial charge in [-0.1, -0.05) is 0 Å². The lowest BCUT2D eigenvalue weighted by Crippen LogP contribution is -2.53. The van der Waals surface area contributed by atoms with Gasteiger partial charge in [-0.15, -0.1) is 0 Å². The Morgan fingerprint density at radius 1 is 1.33 bits per heavy atom. The number of carbonyl (C=O) groups excluding carboxylic acids is 1. The van der Waals surface area contributed by atoms with Crippen molar-refractivity contribution in [3.63, 3.8) is 0 Å². The summed E-state index contributed by atoms with van der Waals surface area (Å²) in [6.45, 7) is 2.68. The molecule has 2 aliphatic heterocycles. The van der Waals surface area contributed by atoms with Crippen LogP contribution in [0.15, 0.2) is 18.2 Å². The number of likely N-dealkylation sites (tertiary alicyclic amines) is 2. The first-order valence-corrected chi connectivity index (χ1v) is 7.61. The number of rotatable bonds is 1. The molecule has 2 atom stereocenters. The number of nitrogens with two attached hydrogens (primary N) is 1. The zero-order chi connectivity index (χ0) is 15.0. The quantitative estimate of drug-likeness (QED) is 0.805. The molecule has 2 heterocycles. The fourth-order valence-electron chi connectivity index (χ4n) is 3.68. The Labute approximate surface area is 124 Å². The second-order valence-electron chi connectivity index (χ2n) is 6.23. The van der Waals surface area contributed by atoms with Crippen LogP contribution in [0.2, 0.25) is 0 Å². The molecule has 3 rings (SSSR count). The third kappa shape index (κ3) is 2.75. The zero-order valence-electron chi connectivity index (χ0n) is 12.4. The fraction of sp³-hybridized carbons (Fsp3) is 0.562. The summed E-state index contributed by atoms with van der Waals surface area (Å²) in [5, 5.41) is 0. The van der Waals surface area contributed by atoms with E-state index in [1.807, 2.05) is 4.90 Å². The van der Waals surface area contributed by atoms with Crippen molar-refractivity contribution in [1.82, 2.24) is 9.80 Å². The monoisotopic (exact) mass is 291 g/mol. The molecule has 21 heavy (non-hydrogen) atoms. The standard InChI is InChI=1S/C16H22FN3O/c1-19-7-2-3-12-10-20(8-6-15(12)19)16(21)11-4-5-14(18)13(17)9-11/h4-5,9,12,15H,2-3,6-8,10,18H2,1H3. The molecular formula is C16H22FN3O. The van der Waals surface area contributed by atoms with Crippen molar-refractivity contribution in [2.45, 2.75) is 25.3 Å². The highest BCUT2D eigenvalue weighted by atomic mass is 19.1. The van der Waals surface area contributed by atoms with Gasteiger partial charge in [0.1, 0.15) is 5.82 Å². The number of nitrogens with zero attached hydrogens (tertiary/aromatic N) is 2. The molecule has 4 nitrogen and oxygen atoms in total. The predicted molar refractivity (Wildman–Crippen MR) is 80.5 cm³/mol.